The van der Waals surface area contributed by atoms with Gasteiger partial charge in [-0.25, -0.2) is 4.79 Å². The summed E-state index contributed by atoms with van der Waals surface area (Å²) in [5.41, 5.74) is 0.805. The molecule has 0 saturated carbocycles. The zero-order valence-electron chi connectivity index (χ0n) is 16.1. The standard InChI is InChI=1S/C20H26F3N3O3/c21-20(22,23)29-18-7-5-14(6-8-18)25-9-1-2-13(12-25)24-19(28)26-15-3-4-16(26)11-17(27)10-15/h5-8,13,15-17,27H,1-4,9-12H2,(H,24,28)/t13-,15-,16+,17+/m0/s1. The molecule has 4 atom stereocenters. The topological polar surface area (TPSA) is 65.0 Å². The Kier molecular flexibility index (Phi) is 5.50. The fourth-order valence-electron chi connectivity index (χ4n) is 4.92. The van der Waals surface area contributed by atoms with Crippen LogP contribution in [0.3, 0.4) is 0 Å². The minimum absolute atomic E-state index is 0.0198. The zero-order chi connectivity index (χ0) is 20.6. The van der Waals surface area contributed by atoms with E-state index in [0.29, 0.717) is 19.4 Å². The number of carbonyl (C=O) groups excluding carboxylic acids is 1. The van der Waals surface area contributed by atoms with Gasteiger partial charge in [0.15, 0.2) is 0 Å². The fraction of sp³-hybridized carbons (Fsp3) is 0.650. The third-order valence-electron chi connectivity index (χ3n) is 6.13. The molecule has 0 spiro atoms. The summed E-state index contributed by atoms with van der Waals surface area (Å²) in [6.45, 7) is 1.39. The summed E-state index contributed by atoms with van der Waals surface area (Å²) in [5, 5.41) is 13.1. The number of piperidine rings is 2. The lowest BCUT2D eigenvalue weighted by Gasteiger charge is -2.40. The Morgan fingerprint density at radius 3 is 2.38 bits per heavy atom. The van der Waals surface area contributed by atoms with E-state index >= 15 is 0 Å². The molecule has 2 N–H and O–H groups in total. The number of aliphatic hydroxyl groups excluding tert-OH is 1. The normalized spacial score (nSPS) is 29.7. The van der Waals surface area contributed by atoms with Crippen LogP contribution in [-0.2, 0) is 0 Å². The Hall–Kier alpha value is -2.16. The van der Waals surface area contributed by atoms with Gasteiger partial charge in [0.25, 0.3) is 0 Å². The molecule has 3 aliphatic rings. The Balaban J connectivity index is 1.34. The van der Waals surface area contributed by atoms with Gasteiger partial charge in [0.2, 0.25) is 0 Å². The van der Waals surface area contributed by atoms with Gasteiger partial charge >= 0.3 is 12.4 Å². The highest BCUT2D eigenvalue weighted by Crippen LogP contribution is 2.36. The van der Waals surface area contributed by atoms with Crippen molar-refractivity contribution in [3.05, 3.63) is 24.3 Å². The van der Waals surface area contributed by atoms with Crippen molar-refractivity contribution in [2.24, 2.45) is 0 Å². The molecule has 2 bridgehead atoms. The number of halogens is 3. The highest BCUT2D eigenvalue weighted by atomic mass is 19.4. The SMILES string of the molecule is O=C(N[C@H]1CCCN(c2ccc(OC(F)(F)F)cc2)C1)N1[C@@H]2CC[C@H]1C[C@@H](O)C2. The number of rotatable bonds is 3. The molecular formula is C20H26F3N3O3. The van der Waals surface area contributed by atoms with Gasteiger partial charge in [-0.15, -0.1) is 13.2 Å². The average molecular weight is 413 g/mol. The number of nitrogens with zero attached hydrogens (tertiary/aromatic N) is 2. The van der Waals surface area contributed by atoms with E-state index in [4.69, 9.17) is 0 Å². The van der Waals surface area contributed by atoms with Gasteiger partial charge < -0.3 is 25.0 Å². The largest absolute Gasteiger partial charge is 0.573 e. The van der Waals surface area contributed by atoms with Gasteiger partial charge in [0, 0.05) is 36.9 Å². The molecule has 0 aromatic heterocycles. The highest BCUT2D eigenvalue weighted by Gasteiger charge is 2.43. The first-order valence-corrected chi connectivity index (χ1v) is 10.2. The van der Waals surface area contributed by atoms with Crippen LogP contribution in [0.4, 0.5) is 23.7 Å². The summed E-state index contributed by atoms with van der Waals surface area (Å²) >= 11 is 0. The molecule has 0 unspecified atom stereocenters. The van der Waals surface area contributed by atoms with Crippen molar-refractivity contribution in [2.45, 2.75) is 69.1 Å². The summed E-state index contributed by atoms with van der Waals surface area (Å²) in [7, 11) is 0. The zero-order valence-corrected chi connectivity index (χ0v) is 16.1. The molecule has 6 nitrogen and oxygen atoms in total. The Morgan fingerprint density at radius 2 is 1.76 bits per heavy atom. The lowest BCUT2D eigenvalue weighted by Crippen LogP contribution is -2.56. The van der Waals surface area contributed by atoms with Gasteiger partial charge in [-0.3, -0.25) is 0 Å². The van der Waals surface area contributed by atoms with Crippen LogP contribution in [0, 0.1) is 0 Å². The molecule has 1 aromatic carbocycles. The van der Waals surface area contributed by atoms with E-state index in [2.05, 4.69) is 15.0 Å². The number of amides is 2. The van der Waals surface area contributed by atoms with Crippen molar-refractivity contribution in [3.63, 3.8) is 0 Å². The van der Waals surface area contributed by atoms with Crippen molar-refractivity contribution in [1.82, 2.24) is 10.2 Å². The van der Waals surface area contributed by atoms with Crippen LogP contribution in [0.1, 0.15) is 38.5 Å². The van der Waals surface area contributed by atoms with E-state index in [1.165, 1.54) is 12.1 Å². The lowest BCUT2D eigenvalue weighted by molar-refractivity contribution is -0.274. The Bertz CT molecular complexity index is 714. The van der Waals surface area contributed by atoms with Crippen molar-refractivity contribution >= 4 is 11.7 Å². The number of nitrogens with one attached hydrogen (secondary N) is 1. The summed E-state index contributed by atoms with van der Waals surface area (Å²) in [5.74, 6) is -0.245. The second-order valence-electron chi connectivity index (χ2n) is 8.19. The number of benzene rings is 1. The minimum atomic E-state index is -4.70. The van der Waals surface area contributed by atoms with Crippen LogP contribution in [0.2, 0.25) is 0 Å². The van der Waals surface area contributed by atoms with Crippen LogP contribution in [0.5, 0.6) is 5.75 Å². The smallest absolute Gasteiger partial charge is 0.406 e. The first-order valence-electron chi connectivity index (χ1n) is 10.2. The average Bonchev–Trinajstić information content (AvgIpc) is 2.93. The minimum Gasteiger partial charge on any atom is -0.406 e. The molecule has 3 heterocycles. The molecule has 4 rings (SSSR count). The van der Waals surface area contributed by atoms with Gasteiger partial charge in [0.1, 0.15) is 5.75 Å². The molecule has 2 amide bonds. The quantitative estimate of drug-likeness (QED) is 0.799. The van der Waals surface area contributed by atoms with E-state index in [0.717, 1.165) is 37.9 Å². The predicted molar refractivity (Wildman–Crippen MR) is 101 cm³/mol. The number of hydrogen-bond acceptors (Lipinski definition) is 4. The van der Waals surface area contributed by atoms with Gasteiger partial charge in [-0.2, -0.15) is 0 Å². The number of fused-ring (bicyclic) bond motifs is 2. The van der Waals surface area contributed by atoms with Crippen molar-refractivity contribution in [2.75, 3.05) is 18.0 Å². The molecule has 160 valence electrons. The van der Waals surface area contributed by atoms with E-state index in [1.807, 2.05) is 4.90 Å². The van der Waals surface area contributed by atoms with Crippen LogP contribution >= 0.6 is 0 Å². The first kappa shape index (κ1) is 20.1. The summed E-state index contributed by atoms with van der Waals surface area (Å²) in [6.07, 6.45) is -0.0884. The molecule has 0 radical (unpaired) electrons. The number of ether oxygens (including phenoxy) is 1. The van der Waals surface area contributed by atoms with E-state index in [-0.39, 0.29) is 36.0 Å². The third-order valence-corrected chi connectivity index (χ3v) is 6.13. The number of anilines is 1. The van der Waals surface area contributed by atoms with Crippen molar-refractivity contribution in [3.8, 4) is 5.75 Å². The maximum atomic E-state index is 12.8. The second-order valence-corrected chi connectivity index (χ2v) is 8.19. The summed E-state index contributed by atoms with van der Waals surface area (Å²) in [6, 6.07) is 5.98. The first-order chi connectivity index (χ1) is 13.8. The molecular weight excluding hydrogens is 387 g/mol. The molecule has 3 aliphatic heterocycles. The Labute approximate surface area is 167 Å². The van der Waals surface area contributed by atoms with Crippen LogP contribution in [-0.4, -0.2) is 59.7 Å². The van der Waals surface area contributed by atoms with Crippen molar-refractivity contribution < 1.29 is 27.8 Å². The Morgan fingerprint density at radius 1 is 1.10 bits per heavy atom. The molecule has 0 aliphatic carbocycles. The molecule has 3 fully saturated rings. The van der Waals surface area contributed by atoms with Crippen molar-refractivity contribution in [1.29, 1.82) is 0 Å². The molecule has 3 saturated heterocycles. The van der Waals surface area contributed by atoms with Gasteiger partial charge in [0.05, 0.1) is 6.10 Å². The van der Waals surface area contributed by atoms with Gasteiger partial charge in [-0.05, 0) is 62.8 Å². The lowest BCUT2D eigenvalue weighted by atomic mass is 10.00. The highest BCUT2D eigenvalue weighted by molar-refractivity contribution is 5.76. The second kappa shape index (κ2) is 7.93. The van der Waals surface area contributed by atoms with Crippen LogP contribution in [0.25, 0.3) is 0 Å². The summed E-state index contributed by atoms with van der Waals surface area (Å²) in [4.78, 5) is 16.8. The number of alkyl halides is 3. The van der Waals surface area contributed by atoms with E-state index in [1.54, 1.807) is 12.1 Å². The number of hydrogen-bond donors (Lipinski definition) is 2. The maximum absolute atomic E-state index is 12.8. The van der Waals surface area contributed by atoms with E-state index in [9.17, 15) is 23.1 Å². The number of urea groups is 1. The number of carbonyl (C=O) groups is 1. The summed E-state index contributed by atoms with van der Waals surface area (Å²) < 4.78 is 40.9. The molecule has 29 heavy (non-hydrogen) atoms. The van der Waals surface area contributed by atoms with Crippen LogP contribution in [0.15, 0.2) is 24.3 Å². The fourth-order valence-corrected chi connectivity index (χ4v) is 4.92. The maximum Gasteiger partial charge on any atom is 0.573 e. The van der Waals surface area contributed by atoms with Gasteiger partial charge in [-0.1, -0.05) is 0 Å². The molecule has 1 aromatic rings. The third kappa shape index (κ3) is 4.71. The van der Waals surface area contributed by atoms with Crippen LogP contribution < -0.4 is 15.0 Å². The number of aliphatic hydroxyl groups is 1. The van der Waals surface area contributed by atoms with E-state index < -0.39 is 6.36 Å². The monoisotopic (exact) mass is 413 g/mol. The molecule has 9 heteroatoms. The predicted octanol–water partition coefficient (Wildman–Crippen LogP) is 3.25.